The Kier molecular flexibility index (Phi) is 5.79. The lowest BCUT2D eigenvalue weighted by Gasteiger charge is -2.14. The lowest BCUT2D eigenvalue weighted by Crippen LogP contribution is -2.35. The Morgan fingerprint density at radius 2 is 1.89 bits per heavy atom. The number of anilines is 1. The lowest BCUT2D eigenvalue weighted by molar-refractivity contribution is -0.132. The highest BCUT2D eigenvalue weighted by atomic mass is 79.9. The fourth-order valence-corrected chi connectivity index (χ4v) is 3.07. The van der Waals surface area contributed by atoms with E-state index in [9.17, 15) is 14.4 Å². The van der Waals surface area contributed by atoms with Crippen LogP contribution in [0.4, 0.5) is 5.69 Å². The number of hydrazine groups is 1. The fraction of sp³-hybridized carbons (Fsp3) is 0.150. The lowest BCUT2D eigenvalue weighted by atomic mass is 10.1. The van der Waals surface area contributed by atoms with Crippen molar-refractivity contribution in [1.29, 1.82) is 0 Å². The van der Waals surface area contributed by atoms with Gasteiger partial charge in [-0.15, -0.1) is 0 Å². The third-order valence-electron chi connectivity index (χ3n) is 3.82. The molecule has 0 aliphatic carbocycles. The monoisotopic (exact) mass is 444 g/mol. The molecule has 0 saturated carbocycles. The molecule has 1 aliphatic rings. The molecule has 0 unspecified atom stereocenters. The van der Waals surface area contributed by atoms with E-state index in [0.29, 0.717) is 28.1 Å². The van der Waals surface area contributed by atoms with Crippen LogP contribution in [0.15, 0.2) is 52.5 Å². The standard InChI is InChI=1S/C20H17BrN2O5/c1-3-27-17-10-13(16(21)11-18(17)28-12(2)24)9-15-19(25)22-23(20(15)26)14-7-5-4-6-8-14/h4-11H,3H2,1-2H3,(H,22,25). The van der Waals surface area contributed by atoms with Gasteiger partial charge in [0.25, 0.3) is 11.8 Å². The van der Waals surface area contributed by atoms with Gasteiger partial charge in [0.05, 0.1) is 12.3 Å². The minimum absolute atomic E-state index is 0.0211. The van der Waals surface area contributed by atoms with Gasteiger partial charge < -0.3 is 9.47 Å². The Labute approximate surface area is 170 Å². The van der Waals surface area contributed by atoms with Crippen molar-refractivity contribution in [1.82, 2.24) is 5.43 Å². The maximum atomic E-state index is 12.7. The van der Waals surface area contributed by atoms with Crippen LogP contribution in [0.3, 0.4) is 0 Å². The highest BCUT2D eigenvalue weighted by Crippen LogP contribution is 2.35. The number of nitrogens with zero attached hydrogens (tertiary/aromatic N) is 1. The molecule has 0 radical (unpaired) electrons. The van der Waals surface area contributed by atoms with Crippen LogP contribution in [0.2, 0.25) is 0 Å². The zero-order valence-electron chi connectivity index (χ0n) is 15.2. The average molecular weight is 445 g/mol. The molecule has 0 bridgehead atoms. The molecule has 144 valence electrons. The van der Waals surface area contributed by atoms with Gasteiger partial charge >= 0.3 is 5.97 Å². The molecule has 1 fully saturated rings. The van der Waals surface area contributed by atoms with E-state index in [2.05, 4.69) is 21.4 Å². The molecular formula is C20H17BrN2O5. The number of hydrogen-bond donors (Lipinski definition) is 1. The maximum Gasteiger partial charge on any atom is 0.308 e. The molecule has 1 N–H and O–H groups in total. The van der Waals surface area contributed by atoms with Crippen molar-refractivity contribution >= 4 is 45.5 Å². The number of nitrogens with one attached hydrogen (secondary N) is 1. The van der Waals surface area contributed by atoms with Crippen LogP contribution in [-0.2, 0) is 14.4 Å². The van der Waals surface area contributed by atoms with Crippen LogP contribution in [0, 0.1) is 0 Å². The van der Waals surface area contributed by atoms with Crippen molar-refractivity contribution in [3.63, 3.8) is 0 Å². The van der Waals surface area contributed by atoms with E-state index >= 15 is 0 Å². The van der Waals surface area contributed by atoms with E-state index in [-0.39, 0.29) is 11.3 Å². The Balaban J connectivity index is 1.98. The largest absolute Gasteiger partial charge is 0.490 e. The number of esters is 1. The molecule has 1 heterocycles. The van der Waals surface area contributed by atoms with Crippen molar-refractivity contribution in [3.8, 4) is 11.5 Å². The summed E-state index contributed by atoms with van der Waals surface area (Å²) in [4.78, 5) is 36.4. The molecule has 1 aliphatic heterocycles. The minimum Gasteiger partial charge on any atom is -0.490 e. The van der Waals surface area contributed by atoms with Crippen molar-refractivity contribution in [2.24, 2.45) is 0 Å². The quantitative estimate of drug-likeness (QED) is 0.331. The molecule has 2 amide bonds. The van der Waals surface area contributed by atoms with Crippen molar-refractivity contribution in [2.45, 2.75) is 13.8 Å². The van der Waals surface area contributed by atoms with Gasteiger partial charge in [-0.1, -0.05) is 34.1 Å². The number of carbonyl (C=O) groups is 3. The van der Waals surface area contributed by atoms with E-state index in [1.54, 1.807) is 43.3 Å². The van der Waals surface area contributed by atoms with Gasteiger partial charge in [-0.3, -0.25) is 19.8 Å². The van der Waals surface area contributed by atoms with Gasteiger partial charge in [-0.2, -0.15) is 0 Å². The summed E-state index contributed by atoms with van der Waals surface area (Å²) in [7, 11) is 0. The second kappa shape index (κ2) is 8.26. The molecule has 0 spiro atoms. The van der Waals surface area contributed by atoms with Crippen molar-refractivity contribution < 1.29 is 23.9 Å². The summed E-state index contributed by atoms with van der Waals surface area (Å²) in [6.45, 7) is 3.44. The number of amides is 2. The second-order valence-corrected chi connectivity index (χ2v) is 6.68. The molecule has 28 heavy (non-hydrogen) atoms. The van der Waals surface area contributed by atoms with Crippen LogP contribution in [0.5, 0.6) is 11.5 Å². The highest BCUT2D eigenvalue weighted by molar-refractivity contribution is 9.10. The minimum atomic E-state index is -0.511. The van der Waals surface area contributed by atoms with Gasteiger partial charge in [-0.25, -0.2) is 5.01 Å². The number of ether oxygens (including phenoxy) is 2. The first-order valence-corrected chi connectivity index (χ1v) is 9.27. The van der Waals surface area contributed by atoms with Crippen LogP contribution in [0.1, 0.15) is 19.4 Å². The summed E-state index contributed by atoms with van der Waals surface area (Å²) >= 11 is 3.38. The first-order valence-electron chi connectivity index (χ1n) is 8.47. The SMILES string of the molecule is CCOc1cc(C=C2C(=O)NN(c3ccccc3)C2=O)c(Br)cc1OC(C)=O. The van der Waals surface area contributed by atoms with Crippen LogP contribution >= 0.6 is 15.9 Å². The normalized spacial score (nSPS) is 15.0. The molecule has 7 nitrogen and oxygen atoms in total. The molecule has 2 aromatic carbocycles. The van der Waals surface area contributed by atoms with Crippen molar-refractivity contribution in [3.05, 3.63) is 58.1 Å². The summed E-state index contributed by atoms with van der Waals surface area (Å²) < 4.78 is 11.2. The predicted octanol–water partition coefficient (Wildman–Crippen LogP) is 3.23. The maximum absolute atomic E-state index is 12.7. The van der Waals surface area contributed by atoms with Crippen molar-refractivity contribution in [2.75, 3.05) is 11.6 Å². The fourth-order valence-electron chi connectivity index (χ4n) is 2.64. The molecule has 0 atom stereocenters. The Bertz CT molecular complexity index is 972. The van der Waals surface area contributed by atoms with E-state index in [4.69, 9.17) is 9.47 Å². The number of carbonyl (C=O) groups excluding carboxylic acids is 3. The third-order valence-corrected chi connectivity index (χ3v) is 4.51. The molecule has 0 aromatic heterocycles. The molecule has 8 heteroatoms. The molecule has 1 saturated heterocycles. The summed E-state index contributed by atoms with van der Waals surface area (Å²) in [5.74, 6) is -0.884. The number of halogens is 1. The summed E-state index contributed by atoms with van der Waals surface area (Å²) in [6.07, 6.45) is 1.46. The third kappa shape index (κ3) is 4.07. The Hall–Kier alpha value is -3.13. The van der Waals surface area contributed by atoms with E-state index in [1.807, 2.05) is 6.07 Å². The summed E-state index contributed by atoms with van der Waals surface area (Å²) in [5.41, 5.74) is 3.62. The summed E-state index contributed by atoms with van der Waals surface area (Å²) in [5, 5.41) is 1.19. The number of hydrogen-bond acceptors (Lipinski definition) is 5. The first kappa shape index (κ1) is 19.6. The van der Waals surface area contributed by atoms with E-state index in [0.717, 1.165) is 0 Å². The van der Waals surface area contributed by atoms with Gasteiger partial charge in [0, 0.05) is 11.4 Å². The Morgan fingerprint density at radius 3 is 2.54 bits per heavy atom. The van der Waals surface area contributed by atoms with E-state index in [1.165, 1.54) is 18.0 Å². The smallest absolute Gasteiger partial charge is 0.308 e. The van der Waals surface area contributed by atoms with E-state index < -0.39 is 17.8 Å². The van der Waals surface area contributed by atoms with Gasteiger partial charge in [-0.05, 0) is 42.8 Å². The highest BCUT2D eigenvalue weighted by Gasteiger charge is 2.34. The van der Waals surface area contributed by atoms with Crippen LogP contribution in [-0.4, -0.2) is 24.4 Å². The molecule has 2 aromatic rings. The molecule has 3 rings (SSSR count). The second-order valence-electron chi connectivity index (χ2n) is 5.82. The van der Waals surface area contributed by atoms with Crippen LogP contribution < -0.4 is 19.9 Å². The van der Waals surface area contributed by atoms with Gasteiger partial charge in [0.15, 0.2) is 11.5 Å². The topological polar surface area (TPSA) is 84.9 Å². The number of benzene rings is 2. The number of para-hydroxylation sites is 1. The number of rotatable bonds is 5. The van der Waals surface area contributed by atoms with Gasteiger partial charge in [0.2, 0.25) is 0 Å². The zero-order valence-corrected chi connectivity index (χ0v) is 16.8. The molecular weight excluding hydrogens is 428 g/mol. The average Bonchev–Trinajstić information content (AvgIpc) is 2.94. The van der Waals surface area contributed by atoms with Crippen LogP contribution in [0.25, 0.3) is 6.08 Å². The van der Waals surface area contributed by atoms with Gasteiger partial charge in [0.1, 0.15) is 5.57 Å². The first-order chi connectivity index (χ1) is 13.4. The zero-order chi connectivity index (χ0) is 20.3. The summed E-state index contributed by atoms with van der Waals surface area (Å²) in [6, 6.07) is 12.0. The Morgan fingerprint density at radius 1 is 1.18 bits per heavy atom. The predicted molar refractivity (Wildman–Crippen MR) is 107 cm³/mol.